The van der Waals surface area contributed by atoms with Crippen molar-refractivity contribution < 1.29 is 4.79 Å². The number of rotatable bonds is 4. The number of hydrogen-bond donors (Lipinski definition) is 1. The maximum atomic E-state index is 12.2. The molecule has 20 heavy (non-hydrogen) atoms. The first kappa shape index (κ1) is 15.6. The van der Waals surface area contributed by atoms with Crippen molar-refractivity contribution in [3.8, 4) is 0 Å². The molecule has 110 valence electrons. The van der Waals surface area contributed by atoms with Gasteiger partial charge in [0.15, 0.2) is 0 Å². The van der Waals surface area contributed by atoms with Crippen LogP contribution in [-0.2, 0) is 11.2 Å². The van der Waals surface area contributed by atoms with Gasteiger partial charge in [-0.2, -0.15) is 0 Å². The molecule has 1 aromatic carbocycles. The SMILES string of the molecule is CCc1cc(Br)ccc1NC(=O)CC1CCCCCC1. The monoisotopic (exact) mass is 337 g/mol. The van der Waals surface area contributed by atoms with E-state index in [0.717, 1.165) is 16.6 Å². The lowest BCUT2D eigenvalue weighted by Crippen LogP contribution is -2.17. The molecular weight excluding hydrogens is 314 g/mol. The Kier molecular flexibility index (Phi) is 6.08. The van der Waals surface area contributed by atoms with E-state index in [1.165, 1.54) is 44.1 Å². The summed E-state index contributed by atoms with van der Waals surface area (Å²) in [6, 6.07) is 6.07. The lowest BCUT2D eigenvalue weighted by molar-refractivity contribution is -0.117. The van der Waals surface area contributed by atoms with Crippen molar-refractivity contribution in [1.29, 1.82) is 0 Å². The van der Waals surface area contributed by atoms with Crippen molar-refractivity contribution >= 4 is 27.5 Å². The first-order chi connectivity index (χ1) is 9.69. The Morgan fingerprint density at radius 2 is 1.95 bits per heavy atom. The van der Waals surface area contributed by atoms with Crippen LogP contribution in [0.15, 0.2) is 22.7 Å². The minimum absolute atomic E-state index is 0.175. The van der Waals surface area contributed by atoms with E-state index < -0.39 is 0 Å². The predicted octanol–water partition coefficient (Wildman–Crippen LogP) is 5.31. The topological polar surface area (TPSA) is 29.1 Å². The van der Waals surface area contributed by atoms with E-state index in [4.69, 9.17) is 0 Å². The van der Waals surface area contributed by atoms with Crippen molar-refractivity contribution in [1.82, 2.24) is 0 Å². The van der Waals surface area contributed by atoms with Crippen LogP contribution in [0.4, 0.5) is 5.69 Å². The molecule has 1 N–H and O–H groups in total. The molecule has 0 atom stereocenters. The summed E-state index contributed by atoms with van der Waals surface area (Å²) in [5.41, 5.74) is 2.16. The number of hydrogen-bond acceptors (Lipinski definition) is 1. The number of anilines is 1. The molecule has 3 heteroatoms. The van der Waals surface area contributed by atoms with E-state index in [1.807, 2.05) is 12.1 Å². The van der Waals surface area contributed by atoms with Gasteiger partial charge in [-0.3, -0.25) is 4.79 Å². The summed E-state index contributed by atoms with van der Waals surface area (Å²) >= 11 is 3.48. The minimum atomic E-state index is 0.175. The predicted molar refractivity (Wildman–Crippen MR) is 88.0 cm³/mol. The number of benzene rings is 1. The maximum absolute atomic E-state index is 12.2. The molecule has 2 nitrogen and oxygen atoms in total. The normalized spacial score (nSPS) is 16.7. The average Bonchev–Trinajstić information content (AvgIpc) is 2.69. The van der Waals surface area contributed by atoms with Gasteiger partial charge in [0.1, 0.15) is 0 Å². The number of carbonyl (C=O) groups excluding carboxylic acids is 1. The van der Waals surface area contributed by atoms with E-state index in [0.29, 0.717) is 12.3 Å². The number of nitrogens with one attached hydrogen (secondary N) is 1. The molecule has 0 spiro atoms. The average molecular weight is 338 g/mol. The van der Waals surface area contributed by atoms with Crippen molar-refractivity contribution in [2.45, 2.75) is 58.3 Å². The molecular formula is C17H24BrNO. The third-order valence-electron chi connectivity index (χ3n) is 4.17. The molecule has 0 bridgehead atoms. The van der Waals surface area contributed by atoms with Crippen LogP contribution in [0.1, 0.15) is 57.4 Å². The van der Waals surface area contributed by atoms with Crippen LogP contribution in [0, 0.1) is 5.92 Å². The summed E-state index contributed by atoms with van der Waals surface area (Å²) in [6.07, 6.45) is 9.29. The Labute approximate surface area is 130 Å². The third kappa shape index (κ3) is 4.62. The van der Waals surface area contributed by atoms with Gasteiger partial charge in [0.2, 0.25) is 5.91 Å². The van der Waals surface area contributed by atoms with Crippen molar-refractivity contribution in [2.75, 3.05) is 5.32 Å². The summed E-state index contributed by atoms with van der Waals surface area (Å²) in [5.74, 6) is 0.756. The van der Waals surface area contributed by atoms with Gasteiger partial charge in [-0.05, 0) is 48.9 Å². The number of halogens is 1. The summed E-state index contributed by atoms with van der Waals surface area (Å²) in [4.78, 5) is 12.2. The number of amides is 1. The molecule has 2 rings (SSSR count). The Morgan fingerprint density at radius 3 is 2.60 bits per heavy atom. The van der Waals surface area contributed by atoms with Crippen LogP contribution in [-0.4, -0.2) is 5.91 Å². The minimum Gasteiger partial charge on any atom is -0.326 e. The second kappa shape index (κ2) is 7.82. The summed E-state index contributed by atoms with van der Waals surface area (Å²) < 4.78 is 1.07. The van der Waals surface area contributed by atoms with Crippen molar-refractivity contribution in [3.05, 3.63) is 28.2 Å². The highest BCUT2D eigenvalue weighted by atomic mass is 79.9. The largest absolute Gasteiger partial charge is 0.326 e. The van der Waals surface area contributed by atoms with Gasteiger partial charge in [0.25, 0.3) is 0 Å². The number of carbonyl (C=O) groups is 1. The maximum Gasteiger partial charge on any atom is 0.224 e. The number of aryl methyl sites for hydroxylation is 1. The van der Waals surface area contributed by atoms with E-state index >= 15 is 0 Å². The molecule has 1 aromatic rings. The highest BCUT2D eigenvalue weighted by Crippen LogP contribution is 2.27. The van der Waals surface area contributed by atoms with Crippen molar-refractivity contribution in [2.24, 2.45) is 5.92 Å². The van der Waals surface area contributed by atoms with E-state index in [-0.39, 0.29) is 5.91 Å². The zero-order valence-electron chi connectivity index (χ0n) is 12.3. The molecule has 1 amide bonds. The lowest BCUT2D eigenvalue weighted by Gasteiger charge is -2.15. The van der Waals surface area contributed by atoms with Gasteiger partial charge in [0.05, 0.1) is 0 Å². The fourth-order valence-corrected chi connectivity index (χ4v) is 3.42. The van der Waals surface area contributed by atoms with Crippen molar-refractivity contribution in [3.63, 3.8) is 0 Å². The lowest BCUT2D eigenvalue weighted by atomic mass is 9.96. The van der Waals surface area contributed by atoms with Gasteiger partial charge >= 0.3 is 0 Å². The Balaban J connectivity index is 1.93. The third-order valence-corrected chi connectivity index (χ3v) is 4.66. The first-order valence-corrected chi connectivity index (χ1v) is 8.56. The van der Waals surface area contributed by atoms with Crippen LogP contribution in [0.5, 0.6) is 0 Å². The van der Waals surface area contributed by atoms with Crippen LogP contribution in [0.25, 0.3) is 0 Å². The van der Waals surface area contributed by atoms with Gasteiger partial charge in [-0.25, -0.2) is 0 Å². The molecule has 1 saturated carbocycles. The zero-order valence-corrected chi connectivity index (χ0v) is 13.8. The molecule has 1 aliphatic rings. The van der Waals surface area contributed by atoms with Gasteiger partial charge in [-0.15, -0.1) is 0 Å². The van der Waals surface area contributed by atoms with E-state index in [1.54, 1.807) is 0 Å². The summed E-state index contributed by atoms with van der Waals surface area (Å²) in [7, 11) is 0. The zero-order chi connectivity index (χ0) is 14.4. The van der Waals surface area contributed by atoms with Crippen LogP contribution >= 0.6 is 15.9 Å². The van der Waals surface area contributed by atoms with E-state index in [2.05, 4.69) is 34.2 Å². The van der Waals surface area contributed by atoms with E-state index in [9.17, 15) is 4.79 Å². The fourth-order valence-electron chi connectivity index (χ4n) is 3.01. The summed E-state index contributed by atoms with van der Waals surface area (Å²) in [6.45, 7) is 2.11. The van der Waals surface area contributed by atoms with Crippen LogP contribution in [0.3, 0.4) is 0 Å². The quantitative estimate of drug-likeness (QED) is 0.741. The second-order valence-electron chi connectivity index (χ2n) is 5.76. The highest BCUT2D eigenvalue weighted by molar-refractivity contribution is 9.10. The molecule has 1 fully saturated rings. The van der Waals surface area contributed by atoms with Crippen LogP contribution < -0.4 is 5.32 Å². The molecule has 1 aliphatic carbocycles. The highest BCUT2D eigenvalue weighted by Gasteiger charge is 2.16. The molecule has 0 aliphatic heterocycles. The molecule has 0 aromatic heterocycles. The molecule has 0 saturated heterocycles. The van der Waals surface area contributed by atoms with Gasteiger partial charge in [0, 0.05) is 16.6 Å². The second-order valence-corrected chi connectivity index (χ2v) is 6.68. The molecule has 0 radical (unpaired) electrons. The van der Waals surface area contributed by atoms with Gasteiger partial charge in [-0.1, -0.05) is 48.5 Å². The Bertz CT molecular complexity index is 450. The first-order valence-electron chi connectivity index (χ1n) is 7.77. The smallest absolute Gasteiger partial charge is 0.224 e. The Morgan fingerprint density at radius 1 is 1.25 bits per heavy atom. The van der Waals surface area contributed by atoms with Crippen LogP contribution in [0.2, 0.25) is 0 Å². The molecule has 0 unspecified atom stereocenters. The molecule has 0 heterocycles. The standard InChI is InChI=1S/C17H24BrNO/c1-2-14-12-15(18)9-10-16(14)19-17(20)11-13-7-5-3-4-6-8-13/h9-10,12-13H,2-8,11H2,1H3,(H,19,20). The Hall–Kier alpha value is -0.830. The van der Waals surface area contributed by atoms with Gasteiger partial charge < -0.3 is 5.32 Å². The summed E-state index contributed by atoms with van der Waals surface area (Å²) in [5, 5.41) is 3.10. The fraction of sp³-hybridized carbons (Fsp3) is 0.588.